The molecule has 0 saturated carbocycles. The van der Waals surface area contributed by atoms with Gasteiger partial charge >= 0.3 is 0 Å². The molecule has 0 fully saturated rings. The molecule has 4 nitrogen and oxygen atoms in total. The number of anilines is 1. The van der Waals surface area contributed by atoms with Crippen molar-refractivity contribution in [3.05, 3.63) is 88.0 Å². The van der Waals surface area contributed by atoms with Gasteiger partial charge in [-0.15, -0.1) is 11.3 Å². The number of nitrogens with zero attached hydrogens (tertiary/aromatic N) is 2. The molecule has 0 aliphatic carbocycles. The van der Waals surface area contributed by atoms with Gasteiger partial charge in [0.1, 0.15) is 17.3 Å². The van der Waals surface area contributed by atoms with Gasteiger partial charge in [0, 0.05) is 4.88 Å². The Kier molecular flexibility index (Phi) is 4.56. The van der Waals surface area contributed by atoms with E-state index in [-0.39, 0.29) is 23.0 Å². The summed E-state index contributed by atoms with van der Waals surface area (Å²) >= 11 is 1.51. The Morgan fingerprint density at radius 3 is 2.52 bits per heavy atom. The first-order valence-corrected chi connectivity index (χ1v) is 9.12. The number of benzene rings is 2. The van der Waals surface area contributed by atoms with E-state index in [4.69, 9.17) is 4.74 Å². The third kappa shape index (κ3) is 3.27. The Labute approximate surface area is 159 Å². The second-order valence-electron chi connectivity index (χ2n) is 5.80. The van der Waals surface area contributed by atoms with E-state index in [1.807, 2.05) is 17.5 Å². The molecule has 4 rings (SSSR count). The minimum atomic E-state index is -0.431. The van der Waals surface area contributed by atoms with E-state index in [9.17, 15) is 9.18 Å². The molecule has 0 atom stereocenters. The van der Waals surface area contributed by atoms with Crippen molar-refractivity contribution in [2.45, 2.75) is 0 Å². The first kappa shape index (κ1) is 17.2. The van der Waals surface area contributed by atoms with Gasteiger partial charge < -0.3 is 4.74 Å². The van der Waals surface area contributed by atoms with Crippen molar-refractivity contribution in [2.24, 2.45) is 4.99 Å². The maximum atomic E-state index is 14.4. The number of amidine groups is 1. The molecule has 3 aromatic rings. The summed E-state index contributed by atoms with van der Waals surface area (Å²) in [5, 5.41) is 1.93. The largest absolute Gasteiger partial charge is 0.497 e. The SMILES string of the molecule is COc1ccc(N2C(=O)/C(=C\c3cccs3)N=C2c2ccccc2F)cc1. The molecule has 1 aliphatic rings. The minimum absolute atomic E-state index is 0.270. The zero-order chi connectivity index (χ0) is 18.8. The summed E-state index contributed by atoms with van der Waals surface area (Å²) in [6.45, 7) is 0. The normalized spacial score (nSPS) is 15.3. The lowest BCUT2D eigenvalue weighted by Gasteiger charge is -2.19. The van der Waals surface area contributed by atoms with Crippen LogP contribution in [-0.2, 0) is 4.79 Å². The van der Waals surface area contributed by atoms with Gasteiger partial charge in [-0.2, -0.15) is 0 Å². The van der Waals surface area contributed by atoms with Gasteiger partial charge in [0.15, 0.2) is 5.84 Å². The Balaban J connectivity index is 1.83. The van der Waals surface area contributed by atoms with Gasteiger partial charge in [0.05, 0.1) is 18.4 Å². The van der Waals surface area contributed by atoms with Gasteiger partial charge in [0.25, 0.3) is 5.91 Å². The number of hydrogen-bond donors (Lipinski definition) is 0. The van der Waals surface area contributed by atoms with Crippen LogP contribution in [0.5, 0.6) is 5.75 Å². The first-order valence-electron chi connectivity index (χ1n) is 8.24. The van der Waals surface area contributed by atoms with Crippen molar-refractivity contribution in [1.82, 2.24) is 0 Å². The van der Waals surface area contributed by atoms with Crippen LogP contribution in [-0.4, -0.2) is 18.9 Å². The fraction of sp³-hybridized carbons (Fsp3) is 0.0476. The van der Waals surface area contributed by atoms with Gasteiger partial charge in [0.2, 0.25) is 0 Å². The summed E-state index contributed by atoms with van der Waals surface area (Å²) in [6, 6.07) is 17.1. The number of aliphatic imine (C=N–C) groups is 1. The predicted molar refractivity (Wildman–Crippen MR) is 106 cm³/mol. The standard InChI is InChI=1S/C21H15FN2O2S/c1-26-15-10-8-14(9-11-15)24-20(17-6-2-3-7-18(17)22)23-19(21(24)25)13-16-5-4-12-27-16/h2-13H,1H3/b19-13+. The number of thiophene rings is 1. The van der Waals surface area contributed by atoms with Crippen molar-refractivity contribution in [1.29, 1.82) is 0 Å². The molecular weight excluding hydrogens is 363 g/mol. The highest BCUT2D eigenvalue weighted by Gasteiger charge is 2.33. The minimum Gasteiger partial charge on any atom is -0.497 e. The average Bonchev–Trinajstić information content (AvgIpc) is 3.31. The summed E-state index contributed by atoms with van der Waals surface area (Å²) in [7, 11) is 1.57. The smallest absolute Gasteiger partial charge is 0.282 e. The van der Waals surface area contributed by atoms with Crippen LogP contribution in [0.4, 0.5) is 10.1 Å². The van der Waals surface area contributed by atoms with Crippen LogP contribution in [0.15, 0.2) is 76.7 Å². The Bertz CT molecular complexity index is 1040. The van der Waals surface area contributed by atoms with Crippen LogP contribution in [0.2, 0.25) is 0 Å². The van der Waals surface area contributed by atoms with Crippen LogP contribution in [0, 0.1) is 5.82 Å². The van der Waals surface area contributed by atoms with E-state index >= 15 is 0 Å². The van der Waals surface area contributed by atoms with Crippen LogP contribution >= 0.6 is 11.3 Å². The molecule has 2 heterocycles. The predicted octanol–water partition coefficient (Wildman–Crippen LogP) is 4.73. The second kappa shape index (κ2) is 7.17. The van der Waals surface area contributed by atoms with Crippen LogP contribution in [0.25, 0.3) is 6.08 Å². The molecule has 134 valence electrons. The number of ether oxygens (including phenoxy) is 1. The molecule has 2 aromatic carbocycles. The number of halogens is 1. The lowest BCUT2D eigenvalue weighted by Crippen LogP contribution is -2.33. The molecule has 0 N–H and O–H groups in total. The Morgan fingerprint density at radius 1 is 1.07 bits per heavy atom. The molecule has 0 radical (unpaired) electrons. The molecule has 6 heteroatoms. The van der Waals surface area contributed by atoms with Crippen molar-refractivity contribution in [3.8, 4) is 5.75 Å². The highest BCUT2D eigenvalue weighted by Crippen LogP contribution is 2.30. The van der Waals surface area contributed by atoms with Crippen LogP contribution in [0.3, 0.4) is 0 Å². The Morgan fingerprint density at radius 2 is 1.85 bits per heavy atom. The zero-order valence-electron chi connectivity index (χ0n) is 14.4. The number of hydrogen-bond acceptors (Lipinski definition) is 4. The third-order valence-corrected chi connectivity index (χ3v) is 4.95. The number of amides is 1. The molecule has 27 heavy (non-hydrogen) atoms. The summed E-state index contributed by atoms with van der Waals surface area (Å²) in [5.74, 6) is 0.210. The van der Waals surface area contributed by atoms with E-state index in [0.29, 0.717) is 11.4 Å². The first-order chi connectivity index (χ1) is 13.2. The van der Waals surface area contributed by atoms with Gasteiger partial charge in [-0.3, -0.25) is 9.69 Å². The van der Waals surface area contributed by atoms with E-state index in [1.165, 1.54) is 22.3 Å². The second-order valence-corrected chi connectivity index (χ2v) is 6.78. The van der Waals surface area contributed by atoms with Gasteiger partial charge in [-0.05, 0) is 53.9 Å². The Hall–Kier alpha value is -3.25. The quantitative estimate of drug-likeness (QED) is 0.616. The lowest BCUT2D eigenvalue weighted by molar-refractivity contribution is -0.113. The van der Waals surface area contributed by atoms with E-state index in [1.54, 1.807) is 55.7 Å². The molecule has 1 aliphatic heterocycles. The molecule has 0 unspecified atom stereocenters. The zero-order valence-corrected chi connectivity index (χ0v) is 15.2. The summed E-state index contributed by atoms with van der Waals surface area (Å²) < 4.78 is 19.6. The highest BCUT2D eigenvalue weighted by atomic mass is 32.1. The lowest BCUT2D eigenvalue weighted by atomic mass is 10.1. The summed E-state index contributed by atoms with van der Waals surface area (Å²) in [4.78, 5) is 19.9. The monoisotopic (exact) mass is 378 g/mol. The van der Waals surface area contributed by atoms with E-state index in [0.717, 1.165) is 4.88 Å². The third-order valence-electron chi connectivity index (χ3n) is 4.13. The van der Waals surface area contributed by atoms with E-state index in [2.05, 4.69) is 4.99 Å². The summed E-state index contributed by atoms with van der Waals surface area (Å²) in [6.07, 6.45) is 1.72. The maximum absolute atomic E-state index is 14.4. The molecule has 1 amide bonds. The van der Waals surface area contributed by atoms with Crippen molar-refractivity contribution in [2.75, 3.05) is 12.0 Å². The number of methoxy groups -OCH3 is 1. The van der Waals surface area contributed by atoms with Crippen molar-refractivity contribution >= 4 is 34.8 Å². The summed E-state index contributed by atoms with van der Waals surface area (Å²) in [5.41, 5.74) is 1.14. The average molecular weight is 378 g/mol. The van der Waals surface area contributed by atoms with Gasteiger partial charge in [-0.1, -0.05) is 18.2 Å². The van der Waals surface area contributed by atoms with Crippen LogP contribution in [0.1, 0.15) is 10.4 Å². The van der Waals surface area contributed by atoms with Crippen LogP contribution < -0.4 is 9.64 Å². The highest BCUT2D eigenvalue weighted by molar-refractivity contribution is 7.10. The molecule has 0 saturated heterocycles. The fourth-order valence-electron chi connectivity index (χ4n) is 2.82. The van der Waals surface area contributed by atoms with Crippen molar-refractivity contribution in [3.63, 3.8) is 0 Å². The van der Waals surface area contributed by atoms with Crippen molar-refractivity contribution < 1.29 is 13.9 Å². The van der Waals surface area contributed by atoms with E-state index < -0.39 is 5.82 Å². The maximum Gasteiger partial charge on any atom is 0.282 e. The van der Waals surface area contributed by atoms with Gasteiger partial charge in [-0.25, -0.2) is 9.38 Å². The molecular formula is C21H15FN2O2S. The molecule has 0 spiro atoms. The topological polar surface area (TPSA) is 41.9 Å². The molecule has 0 bridgehead atoms. The molecule has 1 aromatic heterocycles. The number of carbonyl (C=O) groups is 1. The number of rotatable bonds is 4. The fourth-order valence-corrected chi connectivity index (χ4v) is 3.47. The number of carbonyl (C=O) groups excluding carboxylic acids is 1.